The number of aryl methyl sites for hydroxylation is 3. The van der Waals surface area contributed by atoms with Gasteiger partial charge in [-0.2, -0.15) is 10.2 Å². The zero-order valence-electron chi connectivity index (χ0n) is 11.1. The van der Waals surface area contributed by atoms with Crippen molar-refractivity contribution >= 4 is 0 Å². The average Bonchev–Trinajstić information content (AvgIpc) is 2.34. The smallest absolute Gasteiger partial charge is 0.0544 e. The molecule has 0 saturated heterocycles. The molecule has 0 radical (unpaired) electrons. The first-order valence-electron chi connectivity index (χ1n) is 6.17. The van der Waals surface area contributed by atoms with Crippen molar-refractivity contribution in [2.45, 2.75) is 33.2 Å². The lowest BCUT2D eigenvalue weighted by atomic mass is 9.93. The molecule has 1 unspecified atom stereocenters. The van der Waals surface area contributed by atoms with Crippen LogP contribution in [0.5, 0.6) is 0 Å². The van der Waals surface area contributed by atoms with Gasteiger partial charge in [0.05, 0.1) is 6.20 Å². The monoisotopic (exact) mass is 241 g/mol. The maximum Gasteiger partial charge on any atom is 0.0544 e. The fourth-order valence-corrected chi connectivity index (χ4v) is 2.39. The van der Waals surface area contributed by atoms with Crippen molar-refractivity contribution in [3.05, 3.63) is 58.4 Å². The molecule has 1 heterocycles. The Balaban J connectivity index is 2.25. The van der Waals surface area contributed by atoms with Crippen LogP contribution >= 0.6 is 0 Å². The molecule has 0 aliphatic carbocycles. The van der Waals surface area contributed by atoms with Gasteiger partial charge in [-0.05, 0) is 55.5 Å². The highest BCUT2D eigenvalue weighted by Crippen LogP contribution is 2.22. The summed E-state index contributed by atoms with van der Waals surface area (Å²) in [6.07, 6.45) is 4.26. The van der Waals surface area contributed by atoms with E-state index in [1.807, 2.05) is 6.07 Å². The molecule has 0 amide bonds. The minimum atomic E-state index is -0.0272. The molecule has 2 aromatic rings. The van der Waals surface area contributed by atoms with Crippen molar-refractivity contribution in [2.24, 2.45) is 5.73 Å². The van der Waals surface area contributed by atoms with Gasteiger partial charge in [0, 0.05) is 12.2 Å². The SMILES string of the molecule is Cc1cc(C)c(CC(N)c2ccnnc2)c(C)c1. The van der Waals surface area contributed by atoms with E-state index in [0.29, 0.717) is 0 Å². The molecule has 0 bridgehead atoms. The zero-order valence-corrected chi connectivity index (χ0v) is 11.1. The number of nitrogens with zero attached hydrogens (tertiary/aromatic N) is 2. The van der Waals surface area contributed by atoms with Crippen LogP contribution in [0, 0.1) is 20.8 Å². The number of rotatable bonds is 3. The van der Waals surface area contributed by atoms with Crippen molar-refractivity contribution in [3.63, 3.8) is 0 Å². The van der Waals surface area contributed by atoms with Crippen LogP contribution in [-0.4, -0.2) is 10.2 Å². The van der Waals surface area contributed by atoms with Crippen molar-refractivity contribution in [1.82, 2.24) is 10.2 Å². The first kappa shape index (κ1) is 12.7. The van der Waals surface area contributed by atoms with E-state index < -0.39 is 0 Å². The lowest BCUT2D eigenvalue weighted by molar-refractivity contribution is 0.706. The minimum absolute atomic E-state index is 0.0272. The summed E-state index contributed by atoms with van der Waals surface area (Å²) in [6, 6.07) is 6.32. The third kappa shape index (κ3) is 2.74. The Morgan fingerprint density at radius 1 is 1.11 bits per heavy atom. The number of hydrogen-bond acceptors (Lipinski definition) is 3. The normalized spacial score (nSPS) is 12.4. The molecule has 2 N–H and O–H groups in total. The van der Waals surface area contributed by atoms with Crippen LogP contribution in [-0.2, 0) is 6.42 Å². The van der Waals surface area contributed by atoms with Gasteiger partial charge in [-0.15, -0.1) is 0 Å². The van der Waals surface area contributed by atoms with Crippen LogP contribution in [0.15, 0.2) is 30.6 Å². The second-order valence-electron chi connectivity index (χ2n) is 4.86. The lowest BCUT2D eigenvalue weighted by Crippen LogP contribution is -2.15. The van der Waals surface area contributed by atoms with Crippen LogP contribution in [0.25, 0.3) is 0 Å². The number of aromatic nitrogens is 2. The third-order valence-corrected chi connectivity index (χ3v) is 3.30. The molecule has 94 valence electrons. The molecule has 0 fully saturated rings. The highest BCUT2D eigenvalue weighted by molar-refractivity contribution is 5.38. The Morgan fingerprint density at radius 2 is 1.78 bits per heavy atom. The van der Waals surface area contributed by atoms with E-state index in [1.165, 1.54) is 22.3 Å². The Kier molecular flexibility index (Phi) is 3.72. The molecule has 18 heavy (non-hydrogen) atoms. The molecule has 3 nitrogen and oxygen atoms in total. The summed E-state index contributed by atoms with van der Waals surface area (Å²) in [6.45, 7) is 6.41. The molecule has 1 aromatic carbocycles. The predicted octanol–water partition coefficient (Wildman–Crippen LogP) is 2.64. The molecule has 1 aromatic heterocycles. The van der Waals surface area contributed by atoms with E-state index in [9.17, 15) is 0 Å². The van der Waals surface area contributed by atoms with Crippen LogP contribution in [0.4, 0.5) is 0 Å². The van der Waals surface area contributed by atoms with Crippen molar-refractivity contribution in [2.75, 3.05) is 0 Å². The van der Waals surface area contributed by atoms with Crippen molar-refractivity contribution < 1.29 is 0 Å². The molecule has 0 aliphatic rings. The summed E-state index contributed by atoms with van der Waals surface area (Å²) < 4.78 is 0. The minimum Gasteiger partial charge on any atom is -0.324 e. The molecular weight excluding hydrogens is 222 g/mol. The Hall–Kier alpha value is -1.74. The summed E-state index contributed by atoms with van der Waals surface area (Å²) in [4.78, 5) is 0. The first-order chi connectivity index (χ1) is 8.58. The first-order valence-corrected chi connectivity index (χ1v) is 6.17. The largest absolute Gasteiger partial charge is 0.324 e. The van der Waals surface area contributed by atoms with Gasteiger partial charge >= 0.3 is 0 Å². The van der Waals surface area contributed by atoms with Gasteiger partial charge < -0.3 is 5.73 Å². The van der Waals surface area contributed by atoms with E-state index >= 15 is 0 Å². The van der Waals surface area contributed by atoms with Gasteiger partial charge in [0.2, 0.25) is 0 Å². The summed E-state index contributed by atoms with van der Waals surface area (Å²) in [5.74, 6) is 0. The maximum absolute atomic E-state index is 6.24. The van der Waals surface area contributed by atoms with Gasteiger partial charge in [-0.3, -0.25) is 0 Å². The van der Waals surface area contributed by atoms with Crippen LogP contribution in [0.3, 0.4) is 0 Å². The topological polar surface area (TPSA) is 51.8 Å². The Bertz CT molecular complexity index is 512. The quantitative estimate of drug-likeness (QED) is 0.898. The van der Waals surface area contributed by atoms with Crippen LogP contribution in [0.1, 0.15) is 33.9 Å². The van der Waals surface area contributed by atoms with E-state index in [1.54, 1.807) is 12.4 Å². The standard InChI is InChI=1S/C15H19N3/c1-10-6-11(2)14(12(3)7-10)8-15(16)13-4-5-17-18-9-13/h4-7,9,15H,8,16H2,1-3H3. The molecule has 0 saturated carbocycles. The molecule has 3 heteroatoms. The van der Waals surface area contributed by atoms with E-state index in [2.05, 4.69) is 43.1 Å². The Morgan fingerprint density at radius 3 is 2.33 bits per heavy atom. The van der Waals surface area contributed by atoms with Gasteiger partial charge in [-0.1, -0.05) is 17.7 Å². The lowest BCUT2D eigenvalue weighted by Gasteiger charge is -2.16. The van der Waals surface area contributed by atoms with E-state index in [4.69, 9.17) is 5.73 Å². The molecule has 1 atom stereocenters. The van der Waals surface area contributed by atoms with E-state index in [0.717, 1.165) is 12.0 Å². The number of nitrogens with two attached hydrogens (primary N) is 1. The summed E-state index contributed by atoms with van der Waals surface area (Å²) in [5, 5.41) is 7.65. The zero-order chi connectivity index (χ0) is 13.1. The molecular formula is C15H19N3. The average molecular weight is 241 g/mol. The second kappa shape index (κ2) is 5.27. The van der Waals surface area contributed by atoms with Crippen LogP contribution < -0.4 is 5.73 Å². The summed E-state index contributed by atoms with van der Waals surface area (Å²) >= 11 is 0. The van der Waals surface area contributed by atoms with Gasteiger partial charge in [0.1, 0.15) is 0 Å². The van der Waals surface area contributed by atoms with Gasteiger partial charge in [0.25, 0.3) is 0 Å². The van der Waals surface area contributed by atoms with Gasteiger partial charge in [0.15, 0.2) is 0 Å². The maximum atomic E-state index is 6.24. The number of hydrogen-bond donors (Lipinski definition) is 1. The van der Waals surface area contributed by atoms with Gasteiger partial charge in [-0.25, -0.2) is 0 Å². The highest BCUT2D eigenvalue weighted by atomic mass is 15.1. The molecule has 0 spiro atoms. The fraction of sp³-hybridized carbons (Fsp3) is 0.333. The number of benzene rings is 1. The molecule has 2 rings (SSSR count). The van der Waals surface area contributed by atoms with Crippen molar-refractivity contribution in [1.29, 1.82) is 0 Å². The Labute approximate surface area is 108 Å². The second-order valence-corrected chi connectivity index (χ2v) is 4.86. The van der Waals surface area contributed by atoms with E-state index in [-0.39, 0.29) is 6.04 Å². The van der Waals surface area contributed by atoms with Crippen molar-refractivity contribution in [3.8, 4) is 0 Å². The third-order valence-electron chi connectivity index (χ3n) is 3.30. The summed E-state index contributed by atoms with van der Waals surface area (Å²) in [7, 11) is 0. The van der Waals surface area contributed by atoms with Crippen LogP contribution in [0.2, 0.25) is 0 Å². The fourth-order valence-electron chi connectivity index (χ4n) is 2.39. The molecule has 0 aliphatic heterocycles. The predicted molar refractivity (Wildman–Crippen MR) is 73.3 cm³/mol. The summed E-state index contributed by atoms with van der Waals surface area (Å²) in [5.41, 5.74) is 12.5. The highest BCUT2D eigenvalue weighted by Gasteiger charge is 2.11.